The molecule has 0 saturated carbocycles. The Morgan fingerprint density at radius 1 is 1.37 bits per heavy atom. The maximum absolute atomic E-state index is 12.0. The van der Waals surface area contributed by atoms with E-state index in [0.29, 0.717) is 16.6 Å². The minimum atomic E-state index is -0.192. The van der Waals surface area contributed by atoms with Crippen LogP contribution in [0.25, 0.3) is 0 Å². The smallest absolute Gasteiger partial charge is 0.265 e. The summed E-state index contributed by atoms with van der Waals surface area (Å²) in [6.45, 7) is 3.19. The van der Waals surface area contributed by atoms with E-state index in [1.54, 1.807) is 0 Å². The first-order chi connectivity index (χ1) is 9.20. The molecule has 0 radical (unpaired) electrons. The average molecular weight is 276 g/mol. The summed E-state index contributed by atoms with van der Waals surface area (Å²) in [6.07, 6.45) is 0. The standard InChI is InChI=1S/C13H16N4OS/c1-2-15-13-17-11(14)10(19-13)12(18)16-8-9-6-4-3-5-7-9/h3-7H,2,8,14H2,1H3,(H,15,17)(H,16,18). The number of amides is 1. The van der Waals surface area contributed by atoms with Gasteiger partial charge in [-0.1, -0.05) is 41.7 Å². The second kappa shape index (κ2) is 6.19. The van der Waals surface area contributed by atoms with Crippen molar-refractivity contribution in [3.63, 3.8) is 0 Å². The number of rotatable bonds is 5. The third-order valence-corrected chi connectivity index (χ3v) is 3.51. The molecule has 2 aromatic rings. The van der Waals surface area contributed by atoms with Gasteiger partial charge in [0, 0.05) is 13.1 Å². The first-order valence-corrected chi connectivity index (χ1v) is 6.84. The molecular weight excluding hydrogens is 260 g/mol. The number of nitrogen functional groups attached to an aromatic ring is 1. The molecule has 0 fully saturated rings. The first-order valence-electron chi connectivity index (χ1n) is 6.03. The molecule has 0 aliphatic rings. The maximum Gasteiger partial charge on any atom is 0.265 e. The number of benzene rings is 1. The number of thiazole rings is 1. The molecule has 0 aliphatic carbocycles. The molecule has 1 heterocycles. The number of nitrogens with zero attached hydrogens (tertiary/aromatic N) is 1. The molecule has 0 atom stereocenters. The van der Waals surface area contributed by atoms with Crippen LogP contribution in [0, 0.1) is 0 Å². The summed E-state index contributed by atoms with van der Waals surface area (Å²) in [5.41, 5.74) is 6.79. The average Bonchev–Trinajstić information content (AvgIpc) is 2.79. The molecular formula is C13H16N4OS. The lowest BCUT2D eigenvalue weighted by Crippen LogP contribution is -2.22. The van der Waals surface area contributed by atoms with Crippen molar-refractivity contribution in [2.75, 3.05) is 17.6 Å². The lowest BCUT2D eigenvalue weighted by Gasteiger charge is -2.03. The largest absolute Gasteiger partial charge is 0.382 e. The second-order valence-electron chi connectivity index (χ2n) is 3.93. The summed E-state index contributed by atoms with van der Waals surface area (Å²) in [7, 11) is 0. The number of nitrogens with two attached hydrogens (primary N) is 1. The van der Waals surface area contributed by atoms with Crippen molar-refractivity contribution < 1.29 is 4.79 Å². The summed E-state index contributed by atoms with van der Waals surface area (Å²) in [6, 6.07) is 9.73. The molecule has 0 bridgehead atoms. The normalized spacial score (nSPS) is 10.2. The second-order valence-corrected chi connectivity index (χ2v) is 4.93. The number of anilines is 2. The van der Waals surface area contributed by atoms with Gasteiger partial charge in [-0.15, -0.1) is 0 Å². The molecule has 6 heteroatoms. The summed E-state index contributed by atoms with van der Waals surface area (Å²) in [4.78, 5) is 16.6. The molecule has 5 nitrogen and oxygen atoms in total. The van der Waals surface area contributed by atoms with E-state index in [9.17, 15) is 4.79 Å². The Morgan fingerprint density at radius 3 is 2.79 bits per heavy atom. The zero-order valence-corrected chi connectivity index (χ0v) is 11.5. The molecule has 2 rings (SSSR count). The molecule has 1 aromatic heterocycles. The highest BCUT2D eigenvalue weighted by atomic mass is 32.1. The number of hydrogen-bond acceptors (Lipinski definition) is 5. The summed E-state index contributed by atoms with van der Waals surface area (Å²) in [5, 5.41) is 6.55. The minimum Gasteiger partial charge on any atom is -0.382 e. The fourth-order valence-electron chi connectivity index (χ4n) is 1.58. The van der Waals surface area contributed by atoms with Crippen molar-refractivity contribution in [1.29, 1.82) is 0 Å². The van der Waals surface area contributed by atoms with Gasteiger partial charge in [-0.2, -0.15) is 0 Å². The maximum atomic E-state index is 12.0. The molecule has 0 aliphatic heterocycles. The van der Waals surface area contributed by atoms with Crippen LogP contribution in [0.2, 0.25) is 0 Å². The number of hydrogen-bond donors (Lipinski definition) is 3. The van der Waals surface area contributed by atoms with E-state index < -0.39 is 0 Å². The van der Waals surface area contributed by atoms with E-state index in [1.165, 1.54) is 11.3 Å². The van der Waals surface area contributed by atoms with E-state index in [1.807, 2.05) is 37.3 Å². The highest BCUT2D eigenvalue weighted by molar-refractivity contribution is 7.18. The summed E-state index contributed by atoms with van der Waals surface area (Å²) < 4.78 is 0. The lowest BCUT2D eigenvalue weighted by atomic mass is 10.2. The van der Waals surface area contributed by atoms with Crippen LogP contribution in [0.5, 0.6) is 0 Å². The Kier molecular flexibility index (Phi) is 4.35. The minimum absolute atomic E-state index is 0.192. The third kappa shape index (κ3) is 3.45. The predicted octanol–water partition coefficient (Wildman–Crippen LogP) is 2.09. The van der Waals surface area contributed by atoms with Gasteiger partial charge in [0.1, 0.15) is 10.7 Å². The lowest BCUT2D eigenvalue weighted by molar-refractivity contribution is 0.0955. The van der Waals surface area contributed by atoms with Crippen LogP contribution in [0.4, 0.5) is 10.9 Å². The molecule has 19 heavy (non-hydrogen) atoms. The van der Waals surface area contributed by atoms with Gasteiger partial charge in [-0.3, -0.25) is 4.79 Å². The van der Waals surface area contributed by atoms with Gasteiger partial charge in [0.25, 0.3) is 5.91 Å². The Balaban J connectivity index is 2.00. The van der Waals surface area contributed by atoms with Gasteiger partial charge in [-0.25, -0.2) is 4.98 Å². The van der Waals surface area contributed by atoms with Crippen molar-refractivity contribution in [3.05, 3.63) is 40.8 Å². The highest BCUT2D eigenvalue weighted by Gasteiger charge is 2.15. The zero-order chi connectivity index (χ0) is 13.7. The third-order valence-electron chi connectivity index (χ3n) is 2.48. The zero-order valence-electron chi connectivity index (χ0n) is 10.6. The van der Waals surface area contributed by atoms with Crippen molar-refractivity contribution in [2.45, 2.75) is 13.5 Å². The van der Waals surface area contributed by atoms with Crippen LogP contribution in [0.1, 0.15) is 22.2 Å². The van der Waals surface area contributed by atoms with Crippen LogP contribution in [0.15, 0.2) is 30.3 Å². The first kappa shape index (κ1) is 13.4. The van der Waals surface area contributed by atoms with Crippen molar-refractivity contribution >= 4 is 28.2 Å². The van der Waals surface area contributed by atoms with Crippen LogP contribution in [-0.4, -0.2) is 17.4 Å². The summed E-state index contributed by atoms with van der Waals surface area (Å²) in [5.74, 6) is 0.0783. The molecule has 0 spiro atoms. The predicted molar refractivity (Wildman–Crippen MR) is 78.3 cm³/mol. The van der Waals surface area contributed by atoms with Crippen LogP contribution >= 0.6 is 11.3 Å². The van der Waals surface area contributed by atoms with E-state index in [4.69, 9.17) is 5.73 Å². The molecule has 0 unspecified atom stereocenters. The quantitative estimate of drug-likeness (QED) is 0.781. The molecule has 0 saturated heterocycles. The monoisotopic (exact) mass is 276 g/mol. The molecule has 1 amide bonds. The van der Waals surface area contributed by atoms with Crippen molar-refractivity contribution in [1.82, 2.24) is 10.3 Å². The fourth-order valence-corrected chi connectivity index (χ4v) is 2.45. The topological polar surface area (TPSA) is 80.0 Å². The fraction of sp³-hybridized carbons (Fsp3) is 0.231. The Labute approximate surface area is 115 Å². The number of carbonyl (C=O) groups excluding carboxylic acids is 1. The SMILES string of the molecule is CCNc1nc(N)c(C(=O)NCc2ccccc2)s1. The van der Waals surface area contributed by atoms with Crippen molar-refractivity contribution in [3.8, 4) is 0 Å². The molecule has 100 valence electrons. The van der Waals surface area contributed by atoms with Gasteiger partial charge in [0.05, 0.1) is 0 Å². The highest BCUT2D eigenvalue weighted by Crippen LogP contribution is 2.24. The Hall–Kier alpha value is -2.08. The number of nitrogens with one attached hydrogen (secondary N) is 2. The van der Waals surface area contributed by atoms with E-state index in [0.717, 1.165) is 12.1 Å². The van der Waals surface area contributed by atoms with Crippen LogP contribution in [0.3, 0.4) is 0 Å². The number of aromatic nitrogens is 1. The number of carbonyl (C=O) groups is 1. The van der Waals surface area contributed by atoms with Gasteiger partial charge < -0.3 is 16.4 Å². The van der Waals surface area contributed by atoms with Crippen LogP contribution < -0.4 is 16.4 Å². The van der Waals surface area contributed by atoms with Gasteiger partial charge in [0.15, 0.2) is 5.13 Å². The molecule has 4 N–H and O–H groups in total. The van der Waals surface area contributed by atoms with E-state index >= 15 is 0 Å². The summed E-state index contributed by atoms with van der Waals surface area (Å²) >= 11 is 1.27. The van der Waals surface area contributed by atoms with E-state index in [-0.39, 0.29) is 11.7 Å². The van der Waals surface area contributed by atoms with Gasteiger partial charge >= 0.3 is 0 Å². The van der Waals surface area contributed by atoms with Gasteiger partial charge in [-0.05, 0) is 12.5 Å². The Bertz CT molecular complexity index is 553. The Morgan fingerprint density at radius 2 is 2.11 bits per heavy atom. The van der Waals surface area contributed by atoms with Gasteiger partial charge in [0.2, 0.25) is 0 Å². The molecule has 1 aromatic carbocycles. The van der Waals surface area contributed by atoms with Crippen molar-refractivity contribution in [2.24, 2.45) is 0 Å². The van der Waals surface area contributed by atoms with Crippen LogP contribution in [-0.2, 0) is 6.54 Å². The van der Waals surface area contributed by atoms with E-state index in [2.05, 4.69) is 15.6 Å².